The lowest BCUT2D eigenvalue weighted by Crippen LogP contribution is -2.36. The monoisotopic (exact) mass is 364 g/mol. The van der Waals surface area contributed by atoms with Gasteiger partial charge in [0.25, 0.3) is 0 Å². The predicted octanol–water partition coefficient (Wildman–Crippen LogP) is 3.46. The standard InChI is InChI=1S/C12H18N2OS.C3H4Cl2O/c1-3-11-8-16-12(13-11)10-4-6-14(7-5-10)9(2)15;4-1-3(6)2-5/h8,10H,3-7H2,1-2H3;1-2H2. The van der Waals surface area contributed by atoms with Crippen molar-refractivity contribution in [2.45, 2.75) is 39.0 Å². The maximum Gasteiger partial charge on any atom is 0.219 e. The highest BCUT2D eigenvalue weighted by atomic mass is 35.5. The van der Waals surface area contributed by atoms with Crippen molar-refractivity contribution in [1.29, 1.82) is 0 Å². The number of piperidine rings is 1. The summed E-state index contributed by atoms with van der Waals surface area (Å²) in [4.78, 5) is 27.7. The van der Waals surface area contributed by atoms with Gasteiger partial charge in [0.1, 0.15) is 0 Å². The number of alkyl halides is 2. The number of hydrogen-bond donors (Lipinski definition) is 0. The molecular weight excluding hydrogens is 343 g/mol. The topological polar surface area (TPSA) is 50.3 Å². The molecule has 1 saturated heterocycles. The third-order valence-electron chi connectivity index (χ3n) is 3.52. The van der Waals surface area contributed by atoms with Crippen molar-refractivity contribution >= 4 is 46.2 Å². The molecule has 0 unspecified atom stereocenters. The summed E-state index contributed by atoms with van der Waals surface area (Å²) >= 11 is 11.8. The Hall–Kier alpha value is -0.650. The van der Waals surface area contributed by atoms with E-state index in [1.54, 1.807) is 18.3 Å². The molecule has 0 saturated carbocycles. The molecule has 0 bridgehead atoms. The highest BCUT2D eigenvalue weighted by Gasteiger charge is 2.23. The Morgan fingerprint density at radius 2 is 1.91 bits per heavy atom. The van der Waals surface area contributed by atoms with Gasteiger partial charge in [0.15, 0.2) is 5.78 Å². The van der Waals surface area contributed by atoms with Crippen LogP contribution in [0.25, 0.3) is 0 Å². The van der Waals surface area contributed by atoms with Crippen molar-refractivity contribution in [3.8, 4) is 0 Å². The average molecular weight is 365 g/mol. The molecule has 124 valence electrons. The summed E-state index contributed by atoms with van der Waals surface area (Å²) in [7, 11) is 0. The van der Waals surface area contributed by atoms with Gasteiger partial charge in [-0.1, -0.05) is 6.92 Å². The van der Waals surface area contributed by atoms with E-state index in [0.29, 0.717) is 5.92 Å². The Kier molecular flexibility index (Phi) is 8.98. The van der Waals surface area contributed by atoms with E-state index in [1.165, 1.54) is 10.7 Å². The largest absolute Gasteiger partial charge is 0.343 e. The first-order valence-electron chi connectivity index (χ1n) is 7.35. The summed E-state index contributed by atoms with van der Waals surface area (Å²) in [6.07, 6.45) is 3.15. The number of amides is 1. The van der Waals surface area contributed by atoms with E-state index in [9.17, 15) is 9.59 Å². The number of hydrogen-bond acceptors (Lipinski definition) is 4. The van der Waals surface area contributed by atoms with Gasteiger partial charge in [-0.25, -0.2) is 4.98 Å². The number of thiazole rings is 1. The minimum atomic E-state index is -0.127. The van der Waals surface area contributed by atoms with Crippen molar-refractivity contribution in [1.82, 2.24) is 9.88 Å². The molecule has 22 heavy (non-hydrogen) atoms. The van der Waals surface area contributed by atoms with Crippen LogP contribution >= 0.6 is 34.5 Å². The fourth-order valence-electron chi connectivity index (χ4n) is 2.15. The van der Waals surface area contributed by atoms with Gasteiger partial charge in [-0.3, -0.25) is 9.59 Å². The highest BCUT2D eigenvalue weighted by molar-refractivity contribution is 7.09. The number of Topliss-reactive ketones (excluding diaryl/α,β-unsaturated/α-hetero) is 1. The molecule has 4 nitrogen and oxygen atoms in total. The molecule has 1 fully saturated rings. The molecule has 0 spiro atoms. The van der Waals surface area contributed by atoms with Crippen molar-refractivity contribution in [2.24, 2.45) is 0 Å². The van der Waals surface area contributed by atoms with Crippen LogP contribution in [0.2, 0.25) is 0 Å². The lowest BCUT2D eigenvalue weighted by atomic mass is 9.97. The Morgan fingerprint density at radius 3 is 2.27 bits per heavy atom. The normalized spacial score (nSPS) is 15.2. The fourth-order valence-corrected chi connectivity index (χ4v) is 3.51. The van der Waals surface area contributed by atoms with Gasteiger partial charge in [-0.2, -0.15) is 0 Å². The number of rotatable bonds is 4. The number of ketones is 1. The van der Waals surface area contributed by atoms with Crippen LogP contribution in [0.1, 0.15) is 43.3 Å². The first-order chi connectivity index (χ1) is 10.5. The van der Waals surface area contributed by atoms with Gasteiger partial charge >= 0.3 is 0 Å². The van der Waals surface area contributed by atoms with Crippen LogP contribution in [0, 0.1) is 0 Å². The molecule has 1 amide bonds. The smallest absolute Gasteiger partial charge is 0.219 e. The second-order valence-electron chi connectivity index (χ2n) is 5.12. The number of halogens is 2. The first-order valence-corrected chi connectivity index (χ1v) is 9.30. The second-order valence-corrected chi connectivity index (χ2v) is 6.54. The van der Waals surface area contributed by atoms with Crippen LogP contribution in [0.4, 0.5) is 0 Å². The quantitative estimate of drug-likeness (QED) is 0.768. The highest BCUT2D eigenvalue weighted by Crippen LogP contribution is 2.30. The number of nitrogens with zero attached hydrogens (tertiary/aromatic N) is 2. The molecule has 1 aliphatic heterocycles. The average Bonchev–Trinajstić information content (AvgIpc) is 3.03. The van der Waals surface area contributed by atoms with E-state index in [2.05, 4.69) is 17.3 Å². The lowest BCUT2D eigenvalue weighted by Gasteiger charge is -2.30. The van der Waals surface area contributed by atoms with Crippen LogP contribution in [-0.4, -0.2) is 46.4 Å². The van der Waals surface area contributed by atoms with Crippen molar-refractivity contribution in [2.75, 3.05) is 24.8 Å². The maximum absolute atomic E-state index is 11.2. The first kappa shape index (κ1) is 19.4. The summed E-state index contributed by atoms with van der Waals surface area (Å²) < 4.78 is 0. The van der Waals surface area contributed by atoms with Gasteiger partial charge in [-0.15, -0.1) is 34.5 Å². The number of aryl methyl sites for hydroxylation is 1. The molecule has 0 aromatic carbocycles. The molecule has 0 aliphatic carbocycles. The van der Waals surface area contributed by atoms with Crippen LogP contribution in [0.3, 0.4) is 0 Å². The molecule has 1 aromatic rings. The molecule has 1 aromatic heterocycles. The Balaban J connectivity index is 0.000000346. The zero-order valence-corrected chi connectivity index (χ0v) is 15.3. The Morgan fingerprint density at radius 1 is 1.32 bits per heavy atom. The molecule has 0 radical (unpaired) electrons. The van der Waals surface area contributed by atoms with E-state index in [0.717, 1.165) is 32.4 Å². The third-order valence-corrected chi connectivity index (χ3v) is 5.17. The molecular formula is C15H22Cl2N2O2S. The summed E-state index contributed by atoms with van der Waals surface area (Å²) in [6, 6.07) is 0. The zero-order valence-electron chi connectivity index (χ0n) is 13.0. The van der Waals surface area contributed by atoms with Gasteiger partial charge in [-0.05, 0) is 19.3 Å². The summed E-state index contributed by atoms with van der Waals surface area (Å²) in [5.41, 5.74) is 1.20. The van der Waals surface area contributed by atoms with E-state index >= 15 is 0 Å². The minimum Gasteiger partial charge on any atom is -0.343 e. The maximum atomic E-state index is 11.2. The second kappa shape index (κ2) is 10.2. The van der Waals surface area contributed by atoms with Crippen LogP contribution < -0.4 is 0 Å². The molecule has 0 atom stereocenters. The minimum absolute atomic E-state index is 0.0312. The number of carbonyl (C=O) groups excluding carboxylic acids is 2. The van der Waals surface area contributed by atoms with Gasteiger partial charge in [0.05, 0.1) is 22.5 Å². The summed E-state index contributed by atoms with van der Waals surface area (Å²) in [5, 5.41) is 3.42. The number of likely N-dealkylation sites (tertiary alicyclic amines) is 1. The number of carbonyl (C=O) groups is 2. The molecule has 0 N–H and O–H groups in total. The molecule has 7 heteroatoms. The van der Waals surface area contributed by atoms with Crippen molar-refractivity contribution in [3.05, 3.63) is 16.1 Å². The van der Waals surface area contributed by atoms with Crippen LogP contribution in [0.5, 0.6) is 0 Å². The van der Waals surface area contributed by atoms with E-state index in [1.807, 2.05) is 4.90 Å². The SMILES string of the molecule is CCc1csc(C2CCN(C(C)=O)CC2)n1.O=C(CCl)CCl. The Labute approximate surface area is 145 Å². The fraction of sp³-hybridized carbons (Fsp3) is 0.667. The lowest BCUT2D eigenvalue weighted by molar-refractivity contribution is -0.129. The van der Waals surface area contributed by atoms with Gasteiger partial charge in [0.2, 0.25) is 5.91 Å². The predicted molar refractivity (Wildman–Crippen MR) is 92.2 cm³/mol. The molecule has 2 rings (SSSR count). The van der Waals surface area contributed by atoms with Gasteiger partial charge < -0.3 is 4.90 Å². The number of aromatic nitrogens is 1. The summed E-state index contributed by atoms with van der Waals surface area (Å²) in [5.74, 6) is 0.707. The summed E-state index contributed by atoms with van der Waals surface area (Å²) in [6.45, 7) is 5.57. The van der Waals surface area contributed by atoms with Crippen molar-refractivity contribution < 1.29 is 9.59 Å². The van der Waals surface area contributed by atoms with E-state index < -0.39 is 0 Å². The van der Waals surface area contributed by atoms with Gasteiger partial charge in [0, 0.05) is 31.3 Å². The van der Waals surface area contributed by atoms with E-state index in [4.69, 9.17) is 23.2 Å². The Bertz CT molecular complexity index is 480. The van der Waals surface area contributed by atoms with Crippen LogP contribution in [0.15, 0.2) is 5.38 Å². The molecule has 2 heterocycles. The zero-order chi connectivity index (χ0) is 16.5. The molecule has 1 aliphatic rings. The third kappa shape index (κ3) is 6.23. The van der Waals surface area contributed by atoms with E-state index in [-0.39, 0.29) is 23.5 Å². The van der Waals surface area contributed by atoms with Crippen LogP contribution in [-0.2, 0) is 16.0 Å². The van der Waals surface area contributed by atoms with Crippen molar-refractivity contribution in [3.63, 3.8) is 0 Å².